The molecule has 1 atom stereocenters. The van der Waals surface area contributed by atoms with Crippen LogP contribution in [0.5, 0.6) is 5.75 Å². The smallest absolute Gasteiger partial charge is 0.299 e. The number of amides is 1. The van der Waals surface area contributed by atoms with Crippen LogP contribution in [0.25, 0.3) is 0 Å². The molecule has 33 heavy (non-hydrogen) atoms. The lowest BCUT2D eigenvalue weighted by atomic mass is 10.1. The lowest BCUT2D eigenvalue weighted by molar-refractivity contribution is 0.0824. The Labute approximate surface area is 214 Å². The number of furan rings is 1. The Morgan fingerprint density at radius 1 is 1.21 bits per heavy atom. The summed E-state index contributed by atoms with van der Waals surface area (Å²) in [4.78, 5) is 38.3. The van der Waals surface area contributed by atoms with Crippen LogP contribution in [0.3, 0.4) is 0 Å². The number of aromatic hydroxyl groups is 1. The minimum Gasteiger partial charge on any atom is -0.505 e. The SMILES string of the molecule is Cc1ccc(C(CC(F)(F)I)N(I)c2c(Nc3cccc(C(=O)N(C)C)c3O)c(=O)c2=O)o1. The summed E-state index contributed by atoms with van der Waals surface area (Å²) in [6.45, 7) is 1.66. The van der Waals surface area contributed by atoms with E-state index in [-0.39, 0.29) is 28.4 Å². The van der Waals surface area contributed by atoms with E-state index in [2.05, 4.69) is 5.32 Å². The number of nitrogens with one attached hydrogen (secondary N) is 1. The molecule has 3 rings (SSSR count). The molecule has 0 saturated heterocycles. The van der Waals surface area contributed by atoms with Gasteiger partial charge in [0.2, 0.25) is 0 Å². The van der Waals surface area contributed by atoms with Crippen LogP contribution < -0.4 is 19.3 Å². The van der Waals surface area contributed by atoms with Crippen LogP contribution in [0.1, 0.15) is 34.3 Å². The molecule has 0 aliphatic heterocycles. The summed E-state index contributed by atoms with van der Waals surface area (Å²) in [6.07, 6.45) is -0.681. The number of carbonyl (C=O) groups excluding carboxylic acids is 1. The monoisotopic (exact) mass is 685 g/mol. The maximum absolute atomic E-state index is 13.9. The number of phenols is 1. The first-order chi connectivity index (χ1) is 15.3. The van der Waals surface area contributed by atoms with E-state index in [4.69, 9.17) is 4.42 Å². The molecule has 0 fully saturated rings. The molecule has 0 aliphatic carbocycles. The van der Waals surface area contributed by atoms with Gasteiger partial charge in [0, 0.05) is 20.5 Å². The summed E-state index contributed by atoms with van der Waals surface area (Å²) < 4.78 is 31.5. The van der Waals surface area contributed by atoms with Crippen molar-refractivity contribution in [1.82, 2.24) is 4.90 Å². The van der Waals surface area contributed by atoms with Gasteiger partial charge in [-0.15, -0.1) is 0 Å². The highest BCUT2D eigenvalue weighted by Crippen LogP contribution is 2.43. The van der Waals surface area contributed by atoms with Crippen molar-refractivity contribution < 1.29 is 23.1 Å². The molecule has 0 aliphatic rings. The summed E-state index contributed by atoms with van der Waals surface area (Å²) in [5.41, 5.74) is -2.04. The van der Waals surface area contributed by atoms with E-state index in [0.717, 1.165) is 22.6 Å². The zero-order valence-corrected chi connectivity index (χ0v) is 22.0. The van der Waals surface area contributed by atoms with Crippen LogP contribution in [-0.2, 0) is 0 Å². The first-order valence-electron chi connectivity index (χ1n) is 9.54. The maximum Gasteiger partial charge on any atom is 0.299 e. The second-order valence-corrected chi connectivity index (χ2v) is 10.1. The quantitative estimate of drug-likeness (QED) is 0.117. The van der Waals surface area contributed by atoms with E-state index < -0.39 is 38.9 Å². The van der Waals surface area contributed by atoms with Crippen molar-refractivity contribution in [2.24, 2.45) is 0 Å². The highest BCUT2D eigenvalue weighted by molar-refractivity contribution is 14.1. The Morgan fingerprint density at radius 3 is 2.42 bits per heavy atom. The largest absolute Gasteiger partial charge is 0.505 e. The molecule has 0 saturated carbocycles. The topological polar surface area (TPSA) is 103 Å². The minimum atomic E-state index is -3.11. The van der Waals surface area contributed by atoms with Crippen molar-refractivity contribution in [1.29, 1.82) is 0 Å². The molecule has 12 heteroatoms. The number of halogens is 4. The average Bonchev–Trinajstić information content (AvgIpc) is 3.17. The number of rotatable bonds is 8. The highest BCUT2D eigenvalue weighted by Gasteiger charge is 2.38. The molecule has 0 radical (unpaired) electrons. The Bertz CT molecular complexity index is 1260. The van der Waals surface area contributed by atoms with Gasteiger partial charge in [-0.05, 0) is 53.8 Å². The predicted molar refractivity (Wildman–Crippen MR) is 137 cm³/mol. The summed E-state index contributed by atoms with van der Waals surface area (Å²) in [5, 5.41) is 13.2. The molecule has 3 aromatic rings. The van der Waals surface area contributed by atoms with Crippen molar-refractivity contribution in [3.63, 3.8) is 0 Å². The molecule has 1 amide bonds. The van der Waals surface area contributed by atoms with Gasteiger partial charge in [0.1, 0.15) is 28.9 Å². The summed E-state index contributed by atoms with van der Waals surface area (Å²) in [7, 11) is 3.04. The first-order valence-corrected chi connectivity index (χ1v) is 11.6. The van der Waals surface area contributed by atoms with E-state index in [9.17, 15) is 28.3 Å². The number of alkyl halides is 3. The van der Waals surface area contributed by atoms with E-state index in [1.165, 1.54) is 46.4 Å². The highest BCUT2D eigenvalue weighted by atomic mass is 127. The fourth-order valence-corrected chi connectivity index (χ4v) is 4.54. The van der Waals surface area contributed by atoms with Gasteiger partial charge < -0.3 is 19.7 Å². The number of hydrogen-bond acceptors (Lipinski definition) is 7. The van der Waals surface area contributed by atoms with Gasteiger partial charge in [0.05, 0.1) is 34.1 Å². The number of hydrogen-bond donors (Lipinski definition) is 2. The van der Waals surface area contributed by atoms with Gasteiger partial charge in [-0.25, -0.2) is 0 Å². The Kier molecular flexibility index (Phi) is 7.36. The molecule has 2 aromatic carbocycles. The third kappa shape index (κ3) is 5.31. The Hall–Kier alpha value is -2.23. The number of anilines is 3. The van der Waals surface area contributed by atoms with Crippen molar-refractivity contribution in [2.45, 2.75) is 23.3 Å². The van der Waals surface area contributed by atoms with Crippen LogP contribution >= 0.6 is 45.5 Å². The summed E-state index contributed by atoms with van der Waals surface area (Å²) in [5.74, 6) is -0.160. The van der Waals surface area contributed by atoms with Gasteiger partial charge in [0.25, 0.3) is 20.7 Å². The van der Waals surface area contributed by atoms with Crippen molar-refractivity contribution in [2.75, 3.05) is 22.5 Å². The van der Waals surface area contributed by atoms with Gasteiger partial charge in [0.15, 0.2) is 5.75 Å². The van der Waals surface area contributed by atoms with E-state index >= 15 is 0 Å². The number of para-hydroxylation sites is 1. The fourth-order valence-electron chi connectivity index (χ4n) is 3.19. The number of phenolic OH excluding ortho intramolecular Hbond substituents is 1. The Morgan fingerprint density at radius 2 is 1.88 bits per heavy atom. The van der Waals surface area contributed by atoms with Crippen LogP contribution in [0, 0.1) is 6.92 Å². The first kappa shape index (κ1) is 25.4. The average molecular weight is 685 g/mol. The van der Waals surface area contributed by atoms with E-state index in [0.29, 0.717) is 5.76 Å². The maximum atomic E-state index is 13.9. The molecule has 0 bridgehead atoms. The molecule has 8 nitrogen and oxygen atoms in total. The minimum absolute atomic E-state index is 0.00919. The van der Waals surface area contributed by atoms with E-state index in [1.807, 2.05) is 0 Å². The zero-order chi connectivity index (χ0) is 24.7. The van der Waals surface area contributed by atoms with Gasteiger partial charge in [-0.1, -0.05) is 6.07 Å². The second kappa shape index (κ2) is 9.56. The van der Waals surface area contributed by atoms with Crippen molar-refractivity contribution >= 4 is 68.4 Å². The normalized spacial score (nSPS) is 12.6. The van der Waals surface area contributed by atoms with Crippen molar-refractivity contribution in [3.05, 3.63) is 67.9 Å². The molecule has 1 unspecified atom stereocenters. The summed E-state index contributed by atoms with van der Waals surface area (Å²) in [6, 6.07) is 6.43. The van der Waals surface area contributed by atoms with Gasteiger partial charge in [-0.2, -0.15) is 8.78 Å². The van der Waals surface area contributed by atoms with Gasteiger partial charge in [-0.3, -0.25) is 17.5 Å². The van der Waals surface area contributed by atoms with Crippen LogP contribution in [0.2, 0.25) is 0 Å². The third-order valence-corrected chi connectivity index (χ3v) is 6.41. The predicted octanol–water partition coefficient (Wildman–Crippen LogP) is 4.65. The number of aryl methyl sites for hydroxylation is 1. The summed E-state index contributed by atoms with van der Waals surface area (Å²) >= 11 is 2.70. The van der Waals surface area contributed by atoms with Crippen LogP contribution in [-0.4, -0.2) is 33.9 Å². The van der Waals surface area contributed by atoms with Crippen LogP contribution in [0.15, 0.2) is 44.3 Å². The number of nitrogens with zero attached hydrogens (tertiary/aromatic N) is 2. The lowest BCUT2D eigenvalue weighted by Crippen LogP contribution is -2.40. The van der Waals surface area contributed by atoms with Crippen LogP contribution in [0.4, 0.5) is 25.8 Å². The molecule has 176 valence electrons. The molecular formula is C21H19F2I2N3O5. The molecule has 1 aromatic heterocycles. The standard InChI is InChI=1S/C21H19F2I2N3O5/c1-10-7-8-14(33-10)13(9-21(22,23)24)28(25)16-15(18(30)19(16)31)26-12-6-4-5-11(17(12)29)20(32)27(2)3/h4-8,13,26,29H,9H2,1-3H3. The molecular weight excluding hydrogens is 666 g/mol. The zero-order valence-electron chi connectivity index (χ0n) is 17.7. The Balaban J connectivity index is 2.00. The molecule has 1 heterocycles. The van der Waals surface area contributed by atoms with E-state index in [1.54, 1.807) is 35.9 Å². The van der Waals surface area contributed by atoms with Crippen molar-refractivity contribution in [3.8, 4) is 5.75 Å². The third-order valence-electron chi connectivity index (χ3n) is 4.82. The molecule has 2 N–H and O–H groups in total. The van der Waals surface area contributed by atoms with Gasteiger partial charge >= 0.3 is 0 Å². The number of benzene rings is 1. The lowest BCUT2D eigenvalue weighted by Gasteiger charge is -2.30. The molecule has 0 spiro atoms. The fraction of sp³-hybridized carbons (Fsp3) is 0.286. The second-order valence-electron chi connectivity index (χ2n) is 7.50. The number of carbonyl (C=O) groups is 1.